The van der Waals surface area contributed by atoms with E-state index in [0.717, 1.165) is 55.7 Å². The van der Waals surface area contributed by atoms with E-state index in [2.05, 4.69) is 46.4 Å². The third kappa shape index (κ3) is 3.43. The summed E-state index contributed by atoms with van der Waals surface area (Å²) in [5.74, 6) is 0. The smallest absolute Gasteiger partial charge is 0.0893 e. The van der Waals surface area contributed by atoms with Gasteiger partial charge < -0.3 is 4.98 Å². The first-order valence-corrected chi connectivity index (χ1v) is 10.2. The summed E-state index contributed by atoms with van der Waals surface area (Å²) >= 11 is 0. The largest absolute Gasteiger partial charge is 0.656 e. The van der Waals surface area contributed by atoms with Crippen LogP contribution in [-0.2, 0) is 21.1 Å². The molecule has 0 bridgehead atoms. The Morgan fingerprint density at radius 3 is 1.62 bits per heavy atom. The average Bonchev–Trinajstić information content (AvgIpc) is 3.24. The van der Waals surface area contributed by atoms with Crippen LogP contribution in [-0.4, -0.2) is 15.0 Å². The number of nitrogens with zero attached hydrogens (tertiary/aromatic N) is 4. The second-order valence-corrected chi connectivity index (χ2v) is 7.35. The first-order valence-electron chi connectivity index (χ1n) is 10.2. The van der Waals surface area contributed by atoms with Crippen molar-refractivity contribution in [1.29, 1.82) is 0 Å². The molecule has 0 radical (unpaired) electrons. The number of aromatic nitrogens is 4. The molecule has 6 aromatic rings. The van der Waals surface area contributed by atoms with Crippen LogP contribution in [0.1, 0.15) is 0 Å². The van der Waals surface area contributed by atoms with Crippen molar-refractivity contribution < 1.29 is 21.1 Å². The topological polar surface area (TPSA) is 52.8 Å². The van der Waals surface area contributed by atoms with E-state index in [-0.39, 0.29) is 21.1 Å². The van der Waals surface area contributed by atoms with Crippen LogP contribution >= 0.6 is 0 Å². The Labute approximate surface area is 199 Å². The van der Waals surface area contributed by atoms with Gasteiger partial charge in [-0.15, -0.1) is 11.0 Å². The van der Waals surface area contributed by atoms with Crippen molar-refractivity contribution in [3.05, 3.63) is 103 Å². The van der Waals surface area contributed by atoms with E-state index in [9.17, 15) is 0 Å². The first kappa shape index (κ1) is 20.3. The van der Waals surface area contributed by atoms with E-state index >= 15 is 0 Å². The SMILES string of the molecule is [Pt].c1ccc(-c2cccc(-c3cccc4c3[n-]c3c(-c5ccccn5)cccc34)n2)nc1. The van der Waals surface area contributed by atoms with Crippen molar-refractivity contribution in [2.45, 2.75) is 0 Å². The second kappa shape index (κ2) is 8.49. The van der Waals surface area contributed by atoms with Gasteiger partial charge in [0.25, 0.3) is 0 Å². The van der Waals surface area contributed by atoms with Gasteiger partial charge >= 0.3 is 0 Å². The van der Waals surface area contributed by atoms with Crippen LogP contribution in [0, 0.1) is 0 Å². The first-order chi connectivity index (χ1) is 15.4. The Bertz CT molecular complexity index is 1530. The summed E-state index contributed by atoms with van der Waals surface area (Å²) in [6.45, 7) is 0. The molecule has 0 unspecified atom stereocenters. The van der Waals surface area contributed by atoms with E-state index in [1.54, 1.807) is 6.20 Å². The fraction of sp³-hybridized carbons (Fsp3) is 0. The molecule has 4 nitrogen and oxygen atoms in total. The summed E-state index contributed by atoms with van der Waals surface area (Å²) in [5.41, 5.74) is 7.48. The predicted octanol–water partition coefficient (Wildman–Crippen LogP) is 6.13. The number of fused-ring (bicyclic) bond motifs is 3. The van der Waals surface area contributed by atoms with Gasteiger partial charge in [-0.3, -0.25) is 9.97 Å². The summed E-state index contributed by atoms with van der Waals surface area (Å²) in [7, 11) is 0. The van der Waals surface area contributed by atoms with E-state index in [1.165, 1.54) is 0 Å². The third-order valence-electron chi connectivity index (χ3n) is 5.48. The molecular weight excluding hydrogens is 575 g/mol. The maximum atomic E-state index is 5.07. The van der Waals surface area contributed by atoms with Crippen LogP contribution in [0.25, 0.3) is 55.7 Å². The Morgan fingerprint density at radius 2 is 1.00 bits per heavy atom. The van der Waals surface area contributed by atoms with Crippen molar-refractivity contribution >= 4 is 21.8 Å². The molecule has 0 atom stereocenters. The molecule has 0 spiro atoms. The minimum atomic E-state index is 0. The number of hydrogen-bond acceptors (Lipinski definition) is 3. The molecule has 32 heavy (non-hydrogen) atoms. The quantitative estimate of drug-likeness (QED) is 0.248. The normalized spacial score (nSPS) is 10.9. The van der Waals surface area contributed by atoms with Crippen LogP contribution in [0.4, 0.5) is 0 Å². The maximum absolute atomic E-state index is 5.07. The standard InChI is InChI=1S/C27H17N4.Pt/c1-3-16-28-22(12-1)20-10-5-8-18-19-9-6-11-21(27(19)31-26(18)20)23-14-7-15-25(30-23)24-13-2-4-17-29-24;/h1-17H;/q-1;. The van der Waals surface area contributed by atoms with Gasteiger partial charge in [0.2, 0.25) is 0 Å². The molecule has 0 saturated carbocycles. The zero-order valence-corrected chi connectivity index (χ0v) is 19.2. The Balaban J connectivity index is 0.00000216. The summed E-state index contributed by atoms with van der Waals surface area (Å²) in [4.78, 5) is 19.0. The van der Waals surface area contributed by atoms with Gasteiger partial charge in [-0.2, -0.15) is 0 Å². The number of para-hydroxylation sites is 2. The Hall–Kier alpha value is -3.62. The van der Waals surface area contributed by atoms with E-state index < -0.39 is 0 Å². The molecule has 0 aliphatic rings. The van der Waals surface area contributed by atoms with Crippen LogP contribution in [0.15, 0.2) is 103 Å². The molecule has 0 aliphatic carbocycles. The number of hydrogen-bond donors (Lipinski definition) is 0. The number of benzene rings is 2. The summed E-state index contributed by atoms with van der Waals surface area (Å²) < 4.78 is 0. The Morgan fingerprint density at radius 1 is 0.469 bits per heavy atom. The molecule has 0 amide bonds. The number of pyridine rings is 3. The van der Waals surface area contributed by atoms with Crippen molar-refractivity contribution in [3.8, 4) is 33.9 Å². The molecule has 0 fully saturated rings. The van der Waals surface area contributed by atoms with Crippen molar-refractivity contribution in [1.82, 2.24) is 19.9 Å². The van der Waals surface area contributed by atoms with Crippen molar-refractivity contribution in [2.24, 2.45) is 0 Å². The summed E-state index contributed by atoms with van der Waals surface area (Å²) in [6, 6.07) is 30.4. The molecule has 4 aromatic heterocycles. The Kier molecular flexibility index (Phi) is 5.38. The van der Waals surface area contributed by atoms with Gasteiger partial charge in [0, 0.05) is 33.5 Å². The zero-order valence-electron chi connectivity index (χ0n) is 16.9. The average molecular weight is 593 g/mol. The van der Waals surface area contributed by atoms with Crippen LogP contribution in [0.5, 0.6) is 0 Å². The minimum Gasteiger partial charge on any atom is -0.656 e. The molecule has 5 heteroatoms. The van der Waals surface area contributed by atoms with Gasteiger partial charge in [0.1, 0.15) is 0 Å². The van der Waals surface area contributed by atoms with Crippen LogP contribution < -0.4 is 4.98 Å². The van der Waals surface area contributed by atoms with Crippen LogP contribution in [0.2, 0.25) is 0 Å². The second-order valence-electron chi connectivity index (χ2n) is 7.35. The van der Waals surface area contributed by atoms with Crippen LogP contribution in [0.3, 0.4) is 0 Å². The molecule has 4 heterocycles. The van der Waals surface area contributed by atoms with E-state index in [4.69, 9.17) is 9.97 Å². The molecule has 0 saturated heterocycles. The predicted molar refractivity (Wildman–Crippen MR) is 124 cm³/mol. The maximum Gasteiger partial charge on any atom is 0.0893 e. The third-order valence-corrected chi connectivity index (χ3v) is 5.48. The molecular formula is C27H17N4Pt-. The summed E-state index contributed by atoms with van der Waals surface area (Å²) in [5, 5.41) is 2.25. The number of rotatable bonds is 3. The molecule has 6 rings (SSSR count). The van der Waals surface area contributed by atoms with Gasteiger partial charge in [-0.25, -0.2) is 4.98 Å². The van der Waals surface area contributed by atoms with Gasteiger partial charge in [-0.1, -0.05) is 54.6 Å². The molecule has 2 aromatic carbocycles. The van der Waals surface area contributed by atoms with Crippen molar-refractivity contribution in [2.75, 3.05) is 0 Å². The van der Waals surface area contributed by atoms with Gasteiger partial charge in [-0.05, 0) is 58.3 Å². The summed E-state index contributed by atoms with van der Waals surface area (Å²) in [6.07, 6.45) is 3.60. The van der Waals surface area contributed by atoms with E-state index in [1.807, 2.05) is 60.8 Å². The van der Waals surface area contributed by atoms with Gasteiger partial charge in [0.15, 0.2) is 0 Å². The molecule has 156 valence electrons. The molecule has 0 N–H and O–H groups in total. The minimum absolute atomic E-state index is 0. The van der Waals surface area contributed by atoms with Gasteiger partial charge in [0.05, 0.1) is 22.8 Å². The van der Waals surface area contributed by atoms with E-state index in [0.29, 0.717) is 0 Å². The van der Waals surface area contributed by atoms with Crippen molar-refractivity contribution in [3.63, 3.8) is 0 Å². The fourth-order valence-corrected chi connectivity index (χ4v) is 4.05. The monoisotopic (exact) mass is 592 g/mol. The fourth-order valence-electron chi connectivity index (χ4n) is 4.05. The molecule has 0 aliphatic heterocycles. The zero-order chi connectivity index (χ0) is 20.6.